The average Bonchev–Trinajstić information content (AvgIpc) is 2.53. The molecule has 25 heavy (non-hydrogen) atoms. The number of rotatable bonds is 7. The summed E-state index contributed by atoms with van der Waals surface area (Å²) >= 11 is 0. The number of carboxylic acids is 1. The van der Waals surface area contributed by atoms with E-state index < -0.39 is 11.9 Å². The first-order chi connectivity index (χ1) is 11.5. The van der Waals surface area contributed by atoms with E-state index in [2.05, 4.69) is 26.1 Å². The Kier molecular flexibility index (Phi) is 7.15. The van der Waals surface area contributed by atoms with Crippen LogP contribution in [0, 0.1) is 5.92 Å². The van der Waals surface area contributed by atoms with Gasteiger partial charge >= 0.3 is 5.97 Å². The zero-order chi connectivity index (χ0) is 19.2. The van der Waals surface area contributed by atoms with Crippen molar-refractivity contribution in [3.8, 4) is 0 Å². The number of aliphatic carboxylic acids is 1. The van der Waals surface area contributed by atoms with Crippen molar-refractivity contribution >= 4 is 17.8 Å². The van der Waals surface area contributed by atoms with E-state index >= 15 is 0 Å². The third-order valence-corrected chi connectivity index (χ3v) is 4.03. The zero-order valence-corrected chi connectivity index (χ0v) is 15.6. The number of amides is 2. The quantitative estimate of drug-likeness (QED) is 0.791. The monoisotopic (exact) mass is 348 g/mol. The molecule has 0 aromatic heterocycles. The molecule has 0 aliphatic rings. The molecule has 2 amide bonds. The molecule has 0 spiro atoms. The van der Waals surface area contributed by atoms with Crippen molar-refractivity contribution in [3.63, 3.8) is 0 Å². The van der Waals surface area contributed by atoms with Crippen LogP contribution in [0.5, 0.6) is 0 Å². The van der Waals surface area contributed by atoms with Gasteiger partial charge in [-0.05, 0) is 23.1 Å². The van der Waals surface area contributed by atoms with Crippen LogP contribution in [0.4, 0.5) is 0 Å². The first kappa shape index (κ1) is 20.7. The van der Waals surface area contributed by atoms with Crippen LogP contribution in [0.2, 0.25) is 0 Å². The number of hydrogen-bond donors (Lipinski definition) is 2. The Morgan fingerprint density at radius 1 is 1.16 bits per heavy atom. The van der Waals surface area contributed by atoms with E-state index in [0.29, 0.717) is 5.56 Å². The van der Waals surface area contributed by atoms with Crippen molar-refractivity contribution in [2.24, 2.45) is 5.92 Å². The average molecular weight is 348 g/mol. The van der Waals surface area contributed by atoms with E-state index in [4.69, 9.17) is 5.11 Å². The summed E-state index contributed by atoms with van der Waals surface area (Å²) in [5, 5.41) is 11.6. The van der Waals surface area contributed by atoms with Crippen LogP contribution in [-0.4, -0.2) is 47.9 Å². The highest BCUT2D eigenvalue weighted by molar-refractivity contribution is 5.94. The number of nitrogens with one attached hydrogen (secondary N) is 1. The Balaban J connectivity index is 2.46. The summed E-state index contributed by atoms with van der Waals surface area (Å²) in [5.41, 5.74) is 1.72. The van der Waals surface area contributed by atoms with Crippen molar-refractivity contribution in [2.75, 3.05) is 20.1 Å². The van der Waals surface area contributed by atoms with Gasteiger partial charge in [0.15, 0.2) is 0 Å². The van der Waals surface area contributed by atoms with Gasteiger partial charge in [0.25, 0.3) is 5.91 Å². The van der Waals surface area contributed by atoms with Gasteiger partial charge in [-0.3, -0.25) is 14.4 Å². The van der Waals surface area contributed by atoms with E-state index in [1.54, 1.807) is 26.1 Å². The Bertz CT molecular complexity index is 617. The van der Waals surface area contributed by atoms with Crippen molar-refractivity contribution < 1.29 is 19.5 Å². The smallest absolute Gasteiger partial charge is 0.308 e. The maximum Gasteiger partial charge on any atom is 0.308 e. The number of carbonyl (C=O) groups is 3. The molecule has 6 heteroatoms. The molecule has 2 N–H and O–H groups in total. The van der Waals surface area contributed by atoms with Gasteiger partial charge in [-0.25, -0.2) is 0 Å². The lowest BCUT2D eigenvalue weighted by molar-refractivity contribution is -0.142. The second-order valence-corrected chi connectivity index (χ2v) is 7.35. The molecule has 0 radical (unpaired) electrons. The topological polar surface area (TPSA) is 86.7 Å². The molecular formula is C19H28N2O4. The van der Waals surface area contributed by atoms with Gasteiger partial charge in [-0.1, -0.05) is 39.8 Å². The minimum absolute atomic E-state index is 0.0269. The summed E-state index contributed by atoms with van der Waals surface area (Å²) in [5.74, 6) is -1.98. The fourth-order valence-electron chi connectivity index (χ4n) is 2.29. The van der Waals surface area contributed by atoms with Crippen LogP contribution >= 0.6 is 0 Å². The van der Waals surface area contributed by atoms with Gasteiger partial charge in [0.05, 0.1) is 5.92 Å². The van der Waals surface area contributed by atoms with Crippen LogP contribution < -0.4 is 5.32 Å². The second kappa shape index (κ2) is 8.65. The molecule has 0 heterocycles. The fourth-order valence-corrected chi connectivity index (χ4v) is 2.29. The van der Waals surface area contributed by atoms with Gasteiger partial charge in [0.2, 0.25) is 5.91 Å². The molecule has 0 fully saturated rings. The summed E-state index contributed by atoms with van der Waals surface area (Å²) in [7, 11) is 1.56. The standard InChI is InChI=1S/C19H28N2O4/c1-13(18(24)25)12-21(5)16(22)10-11-20-17(23)14-6-8-15(9-7-14)19(2,3)4/h6-9,13H,10-12H2,1-5H3,(H,20,23)(H,24,25). The molecule has 0 bridgehead atoms. The molecule has 1 unspecified atom stereocenters. The third-order valence-electron chi connectivity index (χ3n) is 4.03. The van der Waals surface area contributed by atoms with E-state index in [1.807, 2.05) is 12.1 Å². The van der Waals surface area contributed by atoms with Gasteiger partial charge < -0.3 is 15.3 Å². The molecule has 1 aromatic rings. The number of benzene rings is 1. The summed E-state index contributed by atoms with van der Waals surface area (Å²) in [6.45, 7) is 8.23. The van der Waals surface area contributed by atoms with Crippen molar-refractivity contribution in [1.82, 2.24) is 10.2 Å². The Morgan fingerprint density at radius 2 is 1.72 bits per heavy atom. The second-order valence-electron chi connectivity index (χ2n) is 7.35. The summed E-state index contributed by atoms with van der Waals surface area (Å²) in [6.07, 6.45) is 0.134. The van der Waals surface area contributed by atoms with Crippen LogP contribution in [0.15, 0.2) is 24.3 Å². The summed E-state index contributed by atoms with van der Waals surface area (Å²) < 4.78 is 0. The van der Waals surface area contributed by atoms with Crippen LogP contribution in [0.3, 0.4) is 0 Å². The molecule has 6 nitrogen and oxygen atoms in total. The highest BCUT2D eigenvalue weighted by Gasteiger charge is 2.18. The molecule has 0 saturated heterocycles. The van der Waals surface area contributed by atoms with Gasteiger partial charge in [0, 0.05) is 32.1 Å². The first-order valence-corrected chi connectivity index (χ1v) is 8.38. The molecular weight excluding hydrogens is 320 g/mol. The SMILES string of the molecule is CC(CN(C)C(=O)CCNC(=O)c1ccc(C(C)(C)C)cc1)C(=O)O. The molecule has 1 rings (SSSR count). The highest BCUT2D eigenvalue weighted by atomic mass is 16.4. The first-order valence-electron chi connectivity index (χ1n) is 8.38. The van der Waals surface area contributed by atoms with Crippen molar-refractivity contribution in [1.29, 1.82) is 0 Å². The lowest BCUT2D eigenvalue weighted by Crippen LogP contribution is -2.36. The normalized spacial score (nSPS) is 12.4. The number of carboxylic acid groups (broad SMARTS) is 1. The highest BCUT2D eigenvalue weighted by Crippen LogP contribution is 2.22. The number of carbonyl (C=O) groups excluding carboxylic acids is 2. The molecule has 0 aliphatic carbocycles. The van der Waals surface area contributed by atoms with Crippen molar-refractivity contribution in [3.05, 3.63) is 35.4 Å². The Labute approximate surface area is 149 Å². The minimum Gasteiger partial charge on any atom is -0.481 e. The Morgan fingerprint density at radius 3 is 2.20 bits per heavy atom. The molecule has 0 aliphatic heterocycles. The molecule has 1 aromatic carbocycles. The lowest BCUT2D eigenvalue weighted by Gasteiger charge is -2.20. The number of nitrogens with zero attached hydrogens (tertiary/aromatic N) is 1. The van der Waals surface area contributed by atoms with E-state index in [9.17, 15) is 14.4 Å². The van der Waals surface area contributed by atoms with Crippen LogP contribution in [0.25, 0.3) is 0 Å². The van der Waals surface area contributed by atoms with Gasteiger partial charge in [0.1, 0.15) is 0 Å². The summed E-state index contributed by atoms with van der Waals surface area (Å²) in [4.78, 5) is 36.3. The number of hydrogen-bond acceptors (Lipinski definition) is 3. The van der Waals surface area contributed by atoms with E-state index in [1.165, 1.54) is 4.90 Å². The fraction of sp³-hybridized carbons (Fsp3) is 0.526. The van der Waals surface area contributed by atoms with Gasteiger partial charge in [-0.15, -0.1) is 0 Å². The lowest BCUT2D eigenvalue weighted by atomic mass is 9.87. The van der Waals surface area contributed by atoms with E-state index in [-0.39, 0.29) is 36.7 Å². The largest absolute Gasteiger partial charge is 0.481 e. The third kappa shape index (κ3) is 6.57. The predicted octanol–water partition coefficient (Wildman–Crippen LogP) is 2.28. The van der Waals surface area contributed by atoms with Crippen LogP contribution in [-0.2, 0) is 15.0 Å². The molecule has 138 valence electrons. The van der Waals surface area contributed by atoms with Crippen molar-refractivity contribution in [2.45, 2.75) is 39.5 Å². The van der Waals surface area contributed by atoms with E-state index in [0.717, 1.165) is 5.56 Å². The predicted molar refractivity (Wildman–Crippen MR) is 96.5 cm³/mol. The summed E-state index contributed by atoms with van der Waals surface area (Å²) in [6, 6.07) is 7.42. The zero-order valence-electron chi connectivity index (χ0n) is 15.6. The Hall–Kier alpha value is -2.37. The minimum atomic E-state index is -0.938. The maximum absolute atomic E-state index is 12.1. The molecule has 0 saturated carbocycles. The molecule has 1 atom stereocenters. The maximum atomic E-state index is 12.1. The van der Waals surface area contributed by atoms with Crippen LogP contribution in [0.1, 0.15) is 50.0 Å². The van der Waals surface area contributed by atoms with Gasteiger partial charge in [-0.2, -0.15) is 0 Å².